The van der Waals surface area contributed by atoms with Gasteiger partial charge in [0, 0.05) is 24.6 Å². The number of hydrogen-bond acceptors (Lipinski definition) is 5. The Morgan fingerprint density at radius 3 is 2.39 bits per heavy atom. The van der Waals surface area contributed by atoms with Crippen LogP contribution in [0.1, 0.15) is 11.1 Å². The molecule has 2 aromatic rings. The van der Waals surface area contributed by atoms with Crippen molar-refractivity contribution in [1.29, 1.82) is 0 Å². The van der Waals surface area contributed by atoms with E-state index in [1.54, 1.807) is 30.0 Å². The molecule has 0 saturated carbocycles. The summed E-state index contributed by atoms with van der Waals surface area (Å²) in [6.07, 6.45) is 2.02. The average molecular weight is 425 g/mol. The molecule has 0 bridgehead atoms. The lowest BCUT2D eigenvalue weighted by Gasteiger charge is -2.21. The van der Waals surface area contributed by atoms with Gasteiger partial charge in [0.1, 0.15) is 11.5 Å². The Bertz CT molecular complexity index is 976. The summed E-state index contributed by atoms with van der Waals surface area (Å²) in [5.74, 6) is 1.09. The normalized spacial score (nSPS) is 11.2. The second kappa shape index (κ2) is 8.74. The van der Waals surface area contributed by atoms with Gasteiger partial charge in [-0.05, 0) is 55.1 Å². The van der Waals surface area contributed by atoms with Crippen molar-refractivity contribution in [1.82, 2.24) is 4.90 Å². The highest BCUT2D eigenvalue weighted by Crippen LogP contribution is 2.32. The van der Waals surface area contributed by atoms with Gasteiger partial charge in [-0.1, -0.05) is 0 Å². The first-order valence-corrected chi connectivity index (χ1v) is 11.4. The number of thioether (sulfide) groups is 1. The van der Waals surface area contributed by atoms with E-state index >= 15 is 0 Å². The molecule has 0 aliphatic heterocycles. The number of carboxylic acid groups (broad SMARTS) is 1. The third-order valence-electron chi connectivity index (χ3n) is 4.23. The lowest BCUT2D eigenvalue weighted by molar-refractivity contribution is 0.153. The van der Waals surface area contributed by atoms with E-state index < -0.39 is 16.1 Å². The largest absolute Gasteiger partial charge is 0.465 e. The van der Waals surface area contributed by atoms with Crippen LogP contribution in [-0.4, -0.2) is 51.1 Å². The first kappa shape index (κ1) is 21.9. The van der Waals surface area contributed by atoms with Gasteiger partial charge in [-0.15, -0.1) is 11.8 Å². The van der Waals surface area contributed by atoms with Crippen LogP contribution in [0, 0.1) is 6.92 Å². The number of aryl methyl sites for hydroxylation is 1. The van der Waals surface area contributed by atoms with Gasteiger partial charge in [-0.3, -0.25) is 4.31 Å². The predicted octanol–water partition coefficient (Wildman–Crippen LogP) is 4.01. The maximum Gasteiger partial charge on any atom is 0.407 e. The highest BCUT2D eigenvalue weighted by atomic mass is 32.2. The van der Waals surface area contributed by atoms with Gasteiger partial charge < -0.3 is 14.7 Å². The Morgan fingerprint density at radius 2 is 1.86 bits per heavy atom. The van der Waals surface area contributed by atoms with Crippen LogP contribution in [0.25, 0.3) is 0 Å². The number of hydrogen-bond donors (Lipinski definition) is 1. The van der Waals surface area contributed by atoms with Crippen LogP contribution in [-0.2, 0) is 16.6 Å². The highest BCUT2D eigenvalue weighted by molar-refractivity contribution is 7.98. The molecule has 1 amide bonds. The van der Waals surface area contributed by atoms with Crippen LogP contribution in [0.4, 0.5) is 10.5 Å². The topological polar surface area (TPSA) is 87.2 Å². The van der Waals surface area contributed by atoms with Crippen LogP contribution < -0.4 is 9.04 Å². The molecular weight excluding hydrogens is 400 g/mol. The van der Waals surface area contributed by atoms with Gasteiger partial charge >= 0.3 is 6.09 Å². The van der Waals surface area contributed by atoms with Crippen LogP contribution in [0.5, 0.6) is 11.5 Å². The maximum absolute atomic E-state index is 11.8. The van der Waals surface area contributed by atoms with Crippen molar-refractivity contribution in [2.45, 2.75) is 18.4 Å². The molecule has 0 fully saturated rings. The van der Waals surface area contributed by atoms with E-state index in [1.165, 1.54) is 14.1 Å². The summed E-state index contributed by atoms with van der Waals surface area (Å²) in [5, 5.41) is 9.20. The standard InChI is InChI=1S/C19H24N2O5S2/c1-13-10-16(7-9-18(13)27-4)26-17-8-6-15(21(3)28(5,24)25)11-14(17)12-20(2)19(22)23/h6-11H,12H2,1-5H3,(H,22,23). The zero-order valence-electron chi connectivity index (χ0n) is 16.5. The van der Waals surface area contributed by atoms with Crippen LogP contribution >= 0.6 is 11.8 Å². The minimum absolute atomic E-state index is 0.0536. The zero-order chi connectivity index (χ0) is 21.1. The first-order valence-electron chi connectivity index (χ1n) is 8.36. The highest BCUT2D eigenvalue weighted by Gasteiger charge is 2.17. The van der Waals surface area contributed by atoms with Crippen molar-refractivity contribution in [2.24, 2.45) is 0 Å². The molecule has 1 N–H and O–H groups in total. The van der Waals surface area contributed by atoms with Crippen LogP contribution in [0.3, 0.4) is 0 Å². The number of nitrogens with zero attached hydrogens (tertiary/aromatic N) is 2. The summed E-state index contributed by atoms with van der Waals surface area (Å²) < 4.78 is 30.8. The Kier molecular flexibility index (Phi) is 6.84. The minimum Gasteiger partial charge on any atom is -0.465 e. The maximum atomic E-state index is 11.8. The van der Waals surface area contributed by atoms with Gasteiger partial charge in [-0.25, -0.2) is 13.2 Å². The van der Waals surface area contributed by atoms with E-state index in [-0.39, 0.29) is 6.54 Å². The van der Waals surface area contributed by atoms with E-state index in [1.807, 2.05) is 31.4 Å². The van der Waals surface area contributed by atoms with Crippen molar-refractivity contribution in [2.75, 3.05) is 30.9 Å². The lowest BCUT2D eigenvalue weighted by Crippen LogP contribution is -2.26. The molecule has 2 rings (SSSR count). The average Bonchev–Trinajstić information content (AvgIpc) is 2.61. The number of ether oxygens (including phenoxy) is 1. The molecule has 0 unspecified atom stereocenters. The molecule has 28 heavy (non-hydrogen) atoms. The van der Waals surface area contributed by atoms with Crippen LogP contribution in [0.15, 0.2) is 41.3 Å². The predicted molar refractivity (Wildman–Crippen MR) is 112 cm³/mol. The van der Waals surface area contributed by atoms with Crippen LogP contribution in [0.2, 0.25) is 0 Å². The zero-order valence-corrected chi connectivity index (χ0v) is 18.1. The monoisotopic (exact) mass is 424 g/mol. The van der Waals surface area contributed by atoms with Crippen molar-refractivity contribution < 1.29 is 23.1 Å². The summed E-state index contributed by atoms with van der Waals surface area (Å²) in [7, 11) is -0.556. The lowest BCUT2D eigenvalue weighted by atomic mass is 10.1. The van der Waals surface area contributed by atoms with Crippen molar-refractivity contribution >= 4 is 33.6 Å². The Labute approximate surface area is 170 Å². The quantitative estimate of drug-likeness (QED) is 0.676. The molecule has 2 aromatic carbocycles. The molecule has 0 heterocycles. The molecular formula is C19H24N2O5S2. The summed E-state index contributed by atoms with van der Waals surface area (Å²) >= 11 is 1.64. The molecule has 0 aliphatic rings. The second-order valence-corrected chi connectivity index (χ2v) is 9.26. The second-order valence-electron chi connectivity index (χ2n) is 6.39. The molecule has 0 radical (unpaired) electrons. The SMILES string of the molecule is CSc1ccc(Oc2ccc(N(C)S(C)(=O)=O)cc2CN(C)C(=O)O)cc1C. The van der Waals surface area contributed by atoms with Gasteiger partial charge in [0.05, 0.1) is 18.5 Å². The molecule has 7 nitrogen and oxygen atoms in total. The van der Waals surface area contributed by atoms with E-state index in [0.29, 0.717) is 22.7 Å². The fourth-order valence-corrected chi connectivity index (χ4v) is 3.62. The Balaban J connectivity index is 2.44. The number of rotatable bonds is 7. The molecule has 0 atom stereocenters. The van der Waals surface area contributed by atoms with Crippen molar-refractivity contribution in [3.8, 4) is 11.5 Å². The fraction of sp³-hybridized carbons (Fsp3) is 0.316. The smallest absolute Gasteiger partial charge is 0.407 e. The van der Waals surface area contributed by atoms with Gasteiger partial charge in [-0.2, -0.15) is 0 Å². The summed E-state index contributed by atoms with van der Waals surface area (Å²) in [5.41, 5.74) is 2.06. The number of anilines is 1. The third kappa shape index (κ3) is 5.32. The van der Waals surface area contributed by atoms with E-state index in [2.05, 4.69) is 0 Å². The molecule has 0 aliphatic carbocycles. The molecule has 0 spiro atoms. The third-order valence-corrected chi connectivity index (χ3v) is 6.34. The van der Waals surface area contributed by atoms with Crippen molar-refractivity contribution in [3.05, 3.63) is 47.5 Å². The van der Waals surface area contributed by atoms with E-state index in [0.717, 1.165) is 25.9 Å². The number of carbonyl (C=O) groups is 1. The molecule has 9 heteroatoms. The Morgan fingerprint density at radius 1 is 1.18 bits per heavy atom. The number of benzene rings is 2. The summed E-state index contributed by atoms with van der Waals surface area (Å²) in [6, 6.07) is 10.6. The van der Waals surface area contributed by atoms with E-state index in [9.17, 15) is 18.3 Å². The fourth-order valence-electron chi connectivity index (χ4n) is 2.54. The minimum atomic E-state index is -3.44. The van der Waals surface area contributed by atoms with Gasteiger partial charge in [0.25, 0.3) is 0 Å². The first-order chi connectivity index (χ1) is 13.0. The molecule has 152 valence electrons. The van der Waals surface area contributed by atoms with Crippen molar-refractivity contribution in [3.63, 3.8) is 0 Å². The van der Waals surface area contributed by atoms with E-state index in [4.69, 9.17) is 4.74 Å². The summed E-state index contributed by atoms with van der Waals surface area (Å²) in [6.45, 7) is 2.04. The van der Waals surface area contributed by atoms with Gasteiger partial charge in [0.2, 0.25) is 10.0 Å². The Hall–Kier alpha value is -2.39. The van der Waals surface area contributed by atoms with Gasteiger partial charge in [0.15, 0.2) is 0 Å². The number of sulfonamides is 1. The summed E-state index contributed by atoms with van der Waals surface area (Å²) in [4.78, 5) is 13.5. The number of amides is 1. The molecule has 0 saturated heterocycles. The molecule has 0 aromatic heterocycles.